The Hall–Kier alpha value is -0.325. The van der Waals surface area contributed by atoms with Crippen molar-refractivity contribution in [3.05, 3.63) is 16.2 Å². The molecule has 2 nitrogen and oxygen atoms in total. The zero-order valence-corrected chi connectivity index (χ0v) is 12.3. The zero-order valence-electron chi connectivity index (χ0n) is 9.07. The van der Waals surface area contributed by atoms with Crippen LogP contribution in [-0.4, -0.2) is 17.2 Å². The van der Waals surface area contributed by atoms with Crippen molar-refractivity contribution in [2.45, 2.75) is 26.2 Å². The second-order valence-corrected chi connectivity index (χ2v) is 10.1. The Labute approximate surface area is 97.4 Å². The Balaban J connectivity index is 2.75. The number of aromatic nitrogens is 2. The summed E-state index contributed by atoms with van der Waals surface area (Å²) in [5.41, 5.74) is 3.36. The molecular weight excluding hydrogens is 371 g/mol. The molecule has 0 fully saturated rings. The maximum absolute atomic E-state index is 3.36. The third-order valence-corrected chi connectivity index (χ3v) is 4.05. The van der Waals surface area contributed by atoms with Crippen molar-refractivity contribution >= 4 is 8.07 Å². The van der Waals surface area contributed by atoms with E-state index in [1.54, 1.807) is 0 Å². The third-order valence-electron chi connectivity index (χ3n) is 1.67. The van der Waals surface area contributed by atoms with E-state index in [-0.39, 0.29) is 0 Å². The van der Waals surface area contributed by atoms with Gasteiger partial charge in [-0.1, -0.05) is 0 Å². The summed E-state index contributed by atoms with van der Waals surface area (Å²) < 4.78 is 5.47. The molecule has 0 saturated heterocycles. The van der Waals surface area contributed by atoms with Crippen molar-refractivity contribution in [3.8, 4) is 11.5 Å². The predicted octanol–water partition coefficient (Wildman–Crippen LogP) is 1.79. The minimum absolute atomic E-state index is 0.809. The van der Waals surface area contributed by atoms with Crippen LogP contribution < -0.4 is 0 Å². The van der Waals surface area contributed by atoms with Crippen molar-refractivity contribution < 1.29 is 19.4 Å². The minimum atomic E-state index is -1.21. The maximum atomic E-state index is 3.36. The van der Waals surface area contributed by atoms with Gasteiger partial charge in [0.2, 0.25) is 0 Å². The van der Waals surface area contributed by atoms with Crippen molar-refractivity contribution in [1.82, 2.24) is 9.13 Å². The quantitative estimate of drug-likeness (QED) is 0.514. The van der Waals surface area contributed by atoms with Gasteiger partial charge in [-0.15, -0.1) is 0 Å². The van der Waals surface area contributed by atoms with E-state index in [1.165, 1.54) is 3.80 Å². The Bertz CT molecular complexity index is 425. The molecule has 0 unspecified atom stereocenters. The van der Waals surface area contributed by atoms with Crippen LogP contribution in [0.3, 0.4) is 0 Å². The molecule has 0 radical (unpaired) electrons. The van der Waals surface area contributed by atoms with E-state index in [2.05, 4.69) is 72.0 Å². The van der Waals surface area contributed by atoms with E-state index in [0.717, 1.165) is 6.54 Å². The van der Waals surface area contributed by atoms with Crippen LogP contribution in [0.5, 0.6) is 0 Å². The Morgan fingerprint density at radius 1 is 1.36 bits per heavy atom. The van der Waals surface area contributed by atoms with Gasteiger partial charge in [0.1, 0.15) is 0 Å². The van der Waals surface area contributed by atoms with E-state index < -0.39 is 8.07 Å². The molecule has 0 aliphatic heterocycles. The first-order chi connectivity index (χ1) is 6.40. The third kappa shape index (κ3) is 3.44. The molecule has 4 heteroatoms. The van der Waals surface area contributed by atoms with Gasteiger partial charge in [-0.25, -0.2) is 0 Å². The molecule has 1 aromatic rings. The summed E-state index contributed by atoms with van der Waals surface area (Å²) in [5, 5.41) is 0. The molecule has 0 N–H and O–H groups in total. The molecule has 1 heterocycles. The van der Waals surface area contributed by atoms with Crippen LogP contribution in [0.2, 0.25) is 19.6 Å². The number of nitrogens with zero attached hydrogens (tertiary/aromatic N) is 2. The van der Waals surface area contributed by atoms with Gasteiger partial charge in [-0.05, 0) is 0 Å². The fourth-order valence-electron chi connectivity index (χ4n) is 1.000. The van der Waals surface area contributed by atoms with E-state index in [4.69, 9.17) is 0 Å². The fourth-order valence-corrected chi connectivity index (χ4v) is 2.13. The molecule has 0 atom stereocenters. The zero-order chi connectivity index (χ0) is 10.8. The van der Waals surface area contributed by atoms with Gasteiger partial charge >= 0.3 is 97.5 Å². The van der Waals surface area contributed by atoms with Gasteiger partial charge in [-0.3, -0.25) is 0 Å². The van der Waals surface area contributed by atoms with Gasteiger partial charge in [0.05, 0.1) is 0 Å². The van der Waals surface area contributed by atoms with Crippen LogP contribution in [0.25, 0.3) is 0 Å². The Morgan fingerprint density at radius 3 is 2.43 bits per heavy atom. The number of imidazole rings is 1. The molecule has 0 amide bonds. The molecule has 80 valence electrons. The van der Waals surface area contributed by atoms with Gasteiger partial charge in [0.15, 0.2) is 0 Å². The number of rotatable bonds is 1. The molecule has 1 aromatic heterocycles. The number of hydrogen-bond donors (Lipinski definition) is 0. The number of hydrogen-bond acceptors (Lipinski definition) is 0. The van der Waals surface area contributed by atoms with Gasteiger partial charge in [-0.2, -0.15) is 0 Å². The normalized spacial score (nSPS) is 11.0. The van der Waals surface area contributed by atoms with Gasteiger partial charge in [0.25, 0.3) is 0 Å². The molecule has 0 aliphatic carbocycles. The summed E-state index contributed by atoms with van der Waals surface area (Å²) in [4.78, 5) is 0. The molecule has 14 heavy (non-hydrogen) atoms. The summed E-state index contributed by atoms with van der Waals surface area (Å²) in [6, 6.07) is 0. The molecule has 0 aliphatic rings. The SMILES string of the molecule is Cn1ccn(CC#C[Si](C)(C)C)[c]1=[Pt]. The van der Waals surface area contributed by atoms with E-state index >= 15 is 0 Å². The molecular formula is C10H16N2PtSi. The molecule has 1 rings (SSSR count). The Kier molecular flexibility index (Phi) is 3.75. The Morgan fingerprint density at radius 2 is 2.00 bits per heavy atom. The van der Waals surface area contributed by atoms with E-state index in [1.807, 2.05) is 7.05 Å². The molecule has 0 bridgehead atoms. The summed E-state index contributed by atoms with van der Waals surface area (Å²) >= 11 is 2.31. The van der Waals surface area contributed by atoms with Crippen molar-refractivity contribution in [2.75, 3.05) is 0 Å². The number of aryl methyl sites for hydroxylation is 1. The first kappa shape index (κ1) is 11.7. The van der Waals surface area contributed by atoms with Crippen LogP contribution in [0.15, 0.2) is 12.4 Å². The first-order valence-corrected chi connectivity index (χ1v) is 9.21. The second kappa shape index (κ2) is 4.46. The van der Waals surface area contributed by atoms with Gasteiger partial charge < -0.3 is 0 Å². The summed E-state index contributed by atoms with van der Waals surface area (Å²) in [6.07, 6.45) is 4.12. The van der Waals surface area contributed by atoms with Crippen LogP contribution in [0.4, 0.5) is 0 Å². The van der Waals surface area contributed by atoms with Crippen molar-refractivity contribution in [1.29, 1.82) is 0 Å². The average Bonchev–Trinajstić information content (AvgIpc) is 2.33. The first-order valence-electron chi connectivity index (χ1n) is 4.57. The average molecular weight is 387 g/mol. The van der Waals surface area contributed by atoms with Crippen molar-refractivity contribution in [2.24, 2.45) is 7.05 Å². The standard InChI is InChI=1S/C10H16N2Si.Pt/c1-11-7-8-12(10-11)6-5-9-13(2,3)4;/h7-8H,6H2,1-4H3;. The van der Waals surface area contributed by atoms with Crippen molar-refractivity contribution in [3.63, 3.8) is 0 Å². The summed E-state index contributed by atoms with van der Waals surface area (Å²) in [5.74, 6) is 3.25. The van der Waals surface area contributed by atoms with Gasteiger partial charge in [0, 0.05) is 0 Å². The van der Waals surface area contributed by atoms with E-state index in [9.17, 15) is 0 Å². The van der Waals surface area contributed by atoms with E-state index in [0.29, 0.717) is 0 Å². The summed E-state index contributed by atoms with van der Waals surface area (Å²) in [6.45, 7) is 7.60. The fraction of sp³-hybridized carbons (Fsp3) is 0.500. The van der Waals surface area contributed by atoms with Crippen LogP contribution >= 0.6 is 0 Å². The monoisotopic (exact) mass is 387 g/mol. The second-order valence-electron chi connectivity index (χ2n) is 4.33. The molecule has 0 aromatic carbocycles. The summed E-state index contributed by atoms with van der Waals surface area (Å²) in [7, 11) is 0.841. The topological polar surface area (TPSA) is 9.86 Å². The molecule has 0 spiro atoms. The predicted molar refractivity (Wildman–Crippen MR) is 57.8 cm³/mol. The van der Waals surface area contributed by atoms with Crippen LogP contribution in [0.1, 0.15) is 0 Å². The van der Waals surface area contributed by atoms with Crippen LogP contribution in [-0.2, 0) is 32.9 Å². The molecule has 0 saturated carbocycles. The van der Waals surface area contributed by atoms with Crippen LogP contribution in [0, 0.1) is 15.3 Å².